The van der Waals surface area contributed by atoms with Crippen LogP contribution in [0.2, 0.25) is 5.02 Å². The average molecular weight is 399 g/mol. The fraction of sp³-hybridized carbons (Fsp3) is 0.250. The second kappa shape index (κ2) is 8.35. The maximum Gasteiger partial charge on any atom is 0.244 e. The van der Waals surface area contributed by atoms with Gasteiger partial charge in [0.05, 0.1) is 11.2 Å². The second-order valence-corrected chi connectivity index (χ2v) is 7.55. The predicted molar refractivity (Wildman–Crippen MR) is 100 cm³/mol. The van der Waals surface area contributed by atoms with Gasteiger partial charge in [0, 0.05) is 19.3 Å². The first-order valence-electron chi connectivity index (χ1n) is 7.76. The molecule has 0 saturated heterocycles. The molecular weight excluding hydrogens is 380 g/mol. The standard InChI is InChI=1S/C16H19ClN4O4S/c1-3-21(4-2)26(24,25)12-5-6-15(18-10-12)20-19-9-11-7-13(17)16(23)14(22)8-11/h5-10,22-23H,3-4H2,1-2H3,(H,18,20)/b19-9+. The van der Waals surface area contributed by atoms with Crippen LogP contribution in [0.4, 0.5) is 5.82 Å². The Labute approximate surface area is 156 Å². The van der Waals surface area contributed by atoms with Crippen molar-refractivity contribution in [2.75, 3.05) is 18.5 Å². The molecule has 2 rings (SSSR count). The molecule has 0 spiro atoms. The molecule has 0 aliphatic heterocycles. The summed E-state index contributed by atoms with van der Waals surface area (Å²) in [6.07, 6.45) is 2.63. The fourth-order valence-electron chi connectivity index (χ4n) is 2.16. The number of sulfonamides is 1. The third kappa shape index (κ3) is 4.43. The van der Waals surface area contributed by atoms with E-state index in [0.717, 1.165) is 0 Å². The Balaban J connectivity index is 2.10. The maximum absolute atomic E-state index is 12.4. The molecule has 2 aromatic rings. The van der Waals surface area contributed by atoms with E-state index in [1.54, 1.807) is 13.8 Å². The van der Waals surface area contributed by atoms with Crippen LogP contribution in [-0.4, -0.2) is 47.2 Å². The van der Waals surface area contributed by atoms with E-state index in [4.69, 9.17) is 11.6 Å². The number of halogens is 1. The van der Waals surface area contributed by atoms with Gasteiger partial charge in [-0.25, -0.2) is 13.4 Å². The van der Waals surface area contributed by atoms with E-state index in [1.165, 1.54) is 41.0 Å². The number of pyridine rings is 1. The molecule has 0 fully saturated rings. The summed E-state index contributed by atoms with van der Waals surface area (Å²) in [5.74, 6) is -0.416. The highest BCUT2D eigenvalue weighted by molar-refractivity contribution is 7.89. The molecule has 1 aromatic carbocycles. The lowest BCUT2D eigenvalue weighted by molar-refractivity contribution is 0.404. The number of hydrogen-bond donors (Lipinski definition) is 3. The summed E-state index contributed by atoms with van der Waals surface area (Å²) >= 11 is 5.76. The van der Waals surface area contributed by atoms with Crippen LogP contribution in [0.3, 0.4) is 0 Å². The molecule has 3 N–H and O–H groups in total. The van der Waals surface area contributed by atoms with Crippen molar-refractivity contribution >= 4 is 33.7 Å². The lowest BCUT2D eigenvalue weighted by Gasteiger charge is -2.18. The number of phenolic OH excluding ortho intramolecular Hbond substituents is 2. The van der Waals surface area contributed by atoms with E-state index in [1.807, 2.05) is 0 Å². The Bertz CT molecular complexity index is 874. The smallest absolute Gasteiger partial charge is 0.244 e. The Morgan fingerprint density at radius 3 is 2.50 bits per heavy atom. The van der Waals surface area contributed by atoms with E-state index in [-0.39, 0.29) is 15.7 Å². The molecule has 0 atom stereocenters. The lowest BCUT2D eigenvalue weighted by atomic mass is 10.2. The van der Waals surface area contributed by atoms with Gasteiger partial charge in [-0.3, -0.25) is 5.43 Å². The van der Waals surface area contributed by atoms with Crippen molar-refractivity contribution in [2.45, 2.75) is 18.7 Å². The summed E-state index contributed by atoms with van der Waals surface area (Å²) in [6.45, 7) is 4.30. The van der Waals surface area contributed by atoms with Crippen LogP contribution >= 0.6 is 11.6 Å². The Hall–Kier alpha value is -2.36. The van der Waals surface area contributed by atoms with Gasteiger partial charge < -0.3 is 10.2 Å². The van der Waals surface area contributed by atoms with Crippen LogP contribution in [0, 0.1) is 0 Å². The first-order valence-corrected chi connectivity index (χ1v) is 9.58. The molecule has 0 aliphatic rings. The SMILES string of the molecule is CCN(CC)S(=O)(=O)c1ccc(N/N=C/c2cc(O)c(O)c(Cl)c2)nc1. The zero-order valence-corrected chi connectivity index (χ0v) is 15.8. The van der Waals surface area contributed by atoms with Crippen LogP contribution in [-0.2, 0) is 10.0 Å². The van der Waals surface area contributed by atoms with E-state index >= 15 is 0 Å². The van der Waals surface area contributed by atoms with Gasteiger partial charge in [0.15, 0.2) is 11.5 Å². The number of rotatable bonds is 7. The van der Waals surface area contributed by atoms with Gasteiger partial charge in [0.25, 0.3) is 0 Å². The van der Waals surface area contributed by atoms with Crippen molar-refractivity contribution in [3.63, 3.8) is 0 Å². The van der Waals surface area contributed by atoms with Crippen LogP contribution in [0.5, 0.6) is 11.5 Å². The number of phenols is 2. The van der Waals surface area contributed by atoms with E-state index < -0.39 is 15.8 Å². The van der Waals surface area contributed by atoms with Gasteiger partial charge in [-0.2, -0.15) is 9.41 Å². The molecule has 1 aromatic heterocycles. The molecule has 0 amide bonds. The minimum absolute atomic E-state index is 0.00413. The lowest BCUT2D eigenvalue weighted by Crippen LogP contribution is -2.30. The highest BCUT2D eigenvalue weighted by Gasteiger charge is 2.21. The largest absolute Gasteiger partial charge is 0.504 e. The topological polar surface area (TPSA) is 115 Å². The van der Waals surface area contributed by atoms with Crippen molar-refractivity contribution in [3.8, 4) is 11.5 Å². The quantitative estimate of drug-likeness (QED) is 0.375. The normalized spacial score (nSPS) is 12.0. The summed E-state index contributed by atoms with van der Waals surface area (Å²) in [5.41, 5.74) is 3.10. The number of aromatic nitrogens is 1. The second-order valence-electron chi connectivity index (χ2n) is 5.21. The van der Waals surface area contributed by atoms with E-state index in [2.05, 4.69) is 15.5 Å². The third-order valence-corrected chi connectivity index (χ3v) is 5.86. The highest BCUT2D eigenvalue weighted by Crippen LogP contribution is 2.33. The van der Waals surface area contributed by atoms with Crippen molar-refractivity contribution in [2.24, 2.45) is 5.10 Å². The molecule has 1 heterocycles. The Kier molecular flexibility index (Phi) is 6.41. The van der Waals surface area contributed by atoms with Crippen molar-refractivity contribution in [1.82, 2.24) is 9.29 Å². The van der Waals surface area contributed by atoms with Crippen molar-refractivity contribution in [3.05, 3.63) is 41.0 Å². The maximum atomic E-state index is 12.4. The van der Waals surface area contributed by atoms with Crippen LogP contribution in [0.15, 0.2) is 40.5 Å². The first-order chi connectivity index (χ1) is 12.3. The minimum Gasteiger partial charge on any atom is -0.504 e. The monoisotopic (exact) mass is 398 g/mol. The zero-order valence-electron chi connectivity index (χ0n) is 14.2. The van der Waals surface area contributed by atoms with Crippen LogP contribution in [0.25, 0.3) is 0 Å². The molecule has 26 heavy (non-hydrogen) atoms. The number of nitrogens with zero attached hydrogens (tertiary/aromatic N) is 3. The third-order valence-electron chi connectivity index (χ3n) is 3.54. The average Bonchev–Trinajstić information content (AvgIpc) is 2.61. The van der Waals surface area contributed by atoms with Crippen LogP contribution < -0.4 is 5.43 Å². The Morgan fingerprint density at radius 1 is 1.27 bits per heavy atom. The molecule has 0 saturated carbocycles. The number of aromatic hydroxyl groups is 2. The predicted octanol–water partition coefficient (Wildman–Crippen LogP) is 2.62. The van der Waals surface area contributed by atoms with Gasteiger partial charge >= 0.3 is 0 Å². The van der Waals surface area contributed by atoms with E-state index in [9.17, 15) is 18.6 Å². The zero-order chi connectivity index (χ0) is 19.3. The van der Waals surface area contributed by atoms with Gasteiger partial charge in [0.1, 0.15) is 10.7 Å². The summed E-state index contributed by atoms with van der Waals surface area (Å²) in [7, 11) is -3.56. The summed E-state index contributed by atoms with van der Waals surface area (Å²) in [5, 5.41) is 22.8. The molecule has 0 radical (unpaired) electrons. The number of hydrogen-bond acceptors (Lipinski definition) is 7. The minimum atomic E-state index is -3.56. The number of nitrogens with one attached hydrogen (secondary N) is 1. The number of anilines is 1. The number of hydrazone groups is 1. The van der Waals surface area contributed by atoms with Gasteiger partial charge in [0.2, 0.25) is 10.0 Å². The van der Waals surface area contributed by atoms with Gasteiger partial charge in [-0.15, -0.1) is 0 Å². The molecule has 8 nitrogen and oxygen atoms in total. The summed E-state index contributed by atoms with van der Waals surface area (Å²) in [4.78, 5) is 4.13. The summed E-state index contributed by atoms with van der Waals surface area (Å²) in [6, 6.07) is 5.66. The number of benzene rings is 1. The molecule has 0 aliphatic carbocycles. The van der Waals surface area contributed by atoms with Crippen LogP contribution in [0.1, 0.15) is 19.4 Å². The summed E-state index contributed by atoms with van der Waals surface area (Å²) < 4.78 is 26.1. The molecule has 0 unspecified atom stereocenters. The van der Waals surface area contributed by atoms with E-state index in [0.29, 0.717) is 24.5 Å². The fourth-order valence-corrected chi connectivity index (χ4v) is 3.79. The van der Waals surface area contributed by atoms with Crippen molar-refractivity contribution < 1.29 is 18.6 Å². The van der Waals surface area contributed by atoms with Gasteiger partial charge in [-0.05, 0) is 29.8 Å². The molecule has 10 heteroatoms. The molecular formula is C16H19ClN4O4S. The molecule has 140 valence electrons. The highest BCUT2D eigenvalue weighted by atomic mass is 35.5. The Morgan fingerprint density at radius 2 is 1.96 bits per heavy atom. The first kappa shape index (κ1) is 20.0. The van der Waals surface area contributed by atoms with Gasteiger partial charge in [-0.1, -0.05) is 25.4 Å². The molecule has 0 bridgehead atoms. The van der Waals surface area contributed by atoms with Crippen molar-refractivity contribution in [1.29, 1.82) is 0 Å².